The minimum Gasteiger partial charge on any atom is -0.434 e. The van der Waals surface area contributed by atoms with Crippen LogP contribution < -0.4 is 21.5 Å². The Kier molecular flexibility index (Phi) is 7.84. The lowest BCUT2D eigenvalue weighted by Crippen LogP contribution is -2.43. The molecule has 0 unspecified atom stereocenters. The third-order valence-corrected chi connectivity index (χ3v) is 6.22. The third kappa shape index (κ3) is 5.56. The topological polar surface area (TPSA) is 171 Å². The van der Waals surface area contributed by atoms with Crippen LogP contribution in [0, 0.1) is 11.3 Å². The van der Waals surface area contributed by atoms with Gasteiger partial charge < -0.3 is 14.2 Å². The summed E-state index contributed by atoms with van der Waals surface area (Å²) < 4.78 is 16.8. The van der Waals surface area contributed by atoms with Gasteiger partial charge in [0.15, 0.2) is 12.5 Å². The van der Waals surface area contributed by atoms with Crippen molar-refractivity contribution in [2.24, 2.45) is 0 Å². The number of hydrogen-bond acceptors (Lipinski definition) is 10. The highest BCUT2D eigenvalue weighted by Gasteiger charge is 2.24. The van der Waals surface area contributed by atoms with E-state index in [-0.39, 0.29) is 44.9 Å². The van der Waals surface area contributed by atoms with Crippen molar-refractivity contribution in [1.82, 2.24) is 24.5 Å². The highest BCUT2D eigenvalue weighted by Crippen LogP contribution is 2.37. The average Bonchev–Trinajstić information content (AvgIpc) is 2.84. The summed E-state index contributed by atoms with van der Waals surface area (Å²) in [6, 6.07) is 5.56. The second kappa shape index (κ2) is 11.1. The Morgan fingerprint density at radius 3 is 2.47 bits per heavy atom. The van der Waals surface area contributed by atoms with Gasteiger partial charge in [-0.1, -0.05) is 37.0 Å². The fraction of sp³-hybridized carbons (Fsp3) is 0.348. The number of ether oxygens (including phenoxy) is 3. The van der Waals surface area contributed by atoms with Gasteiger partial charge in [-0.05, 0) is 37.3 Å². The lowest BCUT2D eigenvalue weighted by atomic mass is 9.96. The van der Waals surface area contributed by atoms with Gasteiger partial charge in [0.2, 0.25) is 11.6 Å². The van der Waals surface area contributed by atoms with Crippen molar-refractivity contribution in [1.29, 1.82) is 5.26 Å². The lowest BCUT2D eigenvalue weighted by Gasteiger charge is -2.24. The number of nitrogens with one attached hydrogen (secondary N) is 1. The molecule has 0 radical (unpaired) electrons. The van der Waals surface area contributed by atoms with Crippen LogP contribution in [0.25, 0.3) is 5.69 Å². The van der Waals surface area contributed by atoms with E-state index in [0.717, 1.165) is 6.42 Å². The van der Waals surface area contributed by atoms with E-state index in [1.165, 1.54) is 18.2 Å². The van der Waals surface area contributed by atoms with Crippen LogP contribution in [0.4, 0.5) is 4.79 Å². The van der Waals surface area contributed by atoms with Crippen molar-refractivity contribution in [3.8, 4) is 23.4 Å². The smallest absolute Gasteiger partial charge is 0.434 e. The molecule has 38 heavy (non-hydrogen) atoms. The molecule has 2 aromatic heterocycles. The number of aromatic nitrogens is 5. The molecule has 1 aliphatic carbocycles. The molecule has 0 bridgehead atoms. The fourth-order valence-electron chi connectivity index (χ4n) is 3.40. The number of carbonyl (C=O) groups is 1. The summed E-state index contributed by atoms with van der Waals surface area (Å²) in [6.45, 7) is 2.84. The summed E-state index contributed by atoms with van der Waals surface area (Å²) in [6.07, 6.45) is 1.01. The van der Waals surface area contributed by atoms with Gasteiger partial charge in [0.25, 0.3) is 11.1 Å². The molecule has 15 heteroatoms. The zero-order valence-electron chi connectivity index (χ0n) is 20.1. The van der Waals surface area contributed by atoms with Crippen LogP contribution in [0.3, 0.4) is 0 Å². The molecule has 0 aliphatic heterocycles. The monoisotopic (exact) mass is 562 g/mol. The molecular weight excluding hydrogens is 543 g/mol. The van der Waals surface area contributed by atoms with Crippen molar-refractivity contribution in [3.63, 3.8) is 0 Å². The van der Waals surface area contributed by atoms with Gasteiger partial charge in [-0.3, -0.25) is 9.59 Å². The van der Waals surface area contributed by atoms with Gasteiger partial charge in [0.05, 0.1) is 15.7 Å². The number of rotatable bonds is 7. The number of hydrogen-bond donors (Lipinski definition) is 1. The maximum absolute atomic E-state index is 13.1. The zero-order chi connectivity index (χ0) is 27.6. The van der Waals surface area contributed by atoms with Crippen LogP contribution in [0.1, 0.15) is 50.3 Å². The largest absolute Gasteiger partial charge is 0.510 e. The summed E-state index contributed by atoms with van der Waals surface area (Å²) in [5.41, 5.74) is -2.69. The highest BCUT2D eigenvalue weighted by atomic mass is 35.5. The normalized spacial score (nSPS) is 13.1. The molecular formula is C23H20Cl2N6O7. The number of nitriles is 1. The van der Waals surface area contributed by atoms with Crippen molar-refractivity contribution >= 4 is 29.4 Å². The van der Waals surface area contributed by atoms with Crippen molar-refractivity contribution in [3.05, 3.63) is 70.7 Å². The van der Waals surface area contributed by atoms with E-state index in [0.29, 0.717) is 27.7 Å². The Bertz CT molecular complexity index is 1600. The van der Waals surface area contributed by atoms with E-state index in [4.69, 9.17) is 37.4 Å². The summed E-state index contributed by atoms with van der Waals surface area (Å²) in [7, 11) is 0. The molecule has 198 valence electrons. The number of aromatic amines is 1. The fourth-order valence-corrected chi connectivity index (χ4v) is 3.95. The van der Waals surface area contributed by atoms with Crippen LogP contribution in [-0.2, 0) is 16.2 Å². The molecule has 3 aromatic rings. The molecule has 0 saturated heterocycles. The van der Waals surface area contributed by atoms with E-state index in [2.05, 4.69) is 15.3 Å². The van der Waals surface area contributed by atoms with Crippen LogP contribution >= 0.6 is 23.2 Å². The molecule has 4 rings (SSSR count). The number of H-pyrrole nitrogens is 1. The molecule has 1 saturated carbocycles. The van der Waals surface area contributed by atoms with Gasteiger partial charge in [-0.25, -0.2) is 19.3 Å². The van der Waals surface area contributed by atoms with Crippen LogP contribution in [0.2, 0.25) is 10.0 Å². The van der Waals surface area contributed by atoms with Crippen LogP contribution in [-0.4, -0.2) is 36.8 Å². The molecule has 0 spiro atoms. The Hall–Kier alpha value is -4.15. The quantitative estimate of drug-likeness (QED) is 0.421. The van der Waals surface area contributed by atoms with Crippen LogP contribution in [0.5, 0.6) is 11.6 Å². The van der Waals surface area contributed by atoms with Gasteiger partial charge in [-0.15, -0.1) is 10.2 Å². The molecule has 1 aromatic carbocycles. The van der Waals surface area contributed by atoms with Gasteiger partial charge >= 0.3 is 11.8 Å². The highest BCUT2D eigenvalue weighted by molar-refractivity contribution is 6.37. The van der Waals surface area contributed by atoms with E-state index < -0.39 is 29.8 Å². The van der Waals surface area contributed by atoms with E-state index in [9.17, 15) is 24.4 Å². The van der Waals surface area contributed by atoms with Crippen molar-refractivity contribution in [2.75, 3.05) is 0 Å². The number of carbonyl (C=O) groups excluding carboxylic acids is 1. The number of benzene rings is 1. The second-order valence-corrected chi connectivity index (χ2v) is 9.38. The predicted octanol–water partition coefficient (Wildman–Crippen LogP) is 3.23. The third-order valence-electron chi connectivity index (χ3n) is 5.66. The number of nitrogens with zero attached hydrogens (tertiary/aromatic N) is 5. The van der Waals surface area contributed by atoms with E-state index in [1.807, 2.05) is 13.8 Å². The first-order valence-corrected chi connectivity index (χ1v) is 12.1. The first-order chi connectivity index (χ1) is 18.1. The Morgan fingerprint density at radius 1 is 1.21 bits per heavy atom. The van der Waals surface area contributed by atoms with E-state index >= 15 is 0 Å². The molecule has 1 aliphatic rings. The Labute approximate surface area is 224 Å². The summed E-state index contributed by atoms with van der Waals surface area (Å²) in [5.74, 6) is -0.119. The maximum Gasteiger partial charge on any atom is 0.510 e. The van der Waals surface area contributed by atoms with Gasteiger partial charge in [-0.2, -0.15) is 9.94 Å². The molecule has 0 amide bonds. The first kappa shape index (κ1) is 26.9. The summed E-state index contributed by atoms with van der Waals surface area (Å²) >= 11 is 12.7. The molecule has 2 heterocycles. The van der Waals surface area contributed by atoms with Gasteiger partial charge in [0.1, 0.15) is 12.2 Å². The lowest BCUT2D eigenvalue weighted by molar-refractivity contribution is -0.0182. The Balaban J connectivity index is 1.66. The Morgan fingerprint density at radius 2 is 1.89 bits per heavy atom. The molecule has 1 N–H and O–H groups in total. The van der Waals surface area contributed by atoms with Crippen LogP contribution in [0.15, 0.2) is 32.6 Å². The van der Waals surface area contributed by atoms with E-state index in [1.54, 1.807) is 6.07 Å². The number of halogens is 2. The van der Waals surface area contributed by atoms with Gasteiger partial charge in [0, 0.05) is 11.6 Å². The zero-order valence-corrected chi connectivity index (χ0v) is 21.6. The van der Waals surface area contributed by atoms with Crippen molar-refractivity contribution in [2.45, 2.75) is 51.9 Å². The minimum absolute atomic E-state index is 0.0167. The second-order valence-electron chi connectivity index (χ2n) is 8.57. The summed E-state index contributed by atoms with van der Waals surface area (Å²) in [4.78, 5) is 49.4. The average molecular weight is 563 g/mol. The maximum atomic E-state index is 13.1. The first-order valence-electron chi connectivity index (χ1n) is 11.3. The minimum atomic E-state index is -1.06. The molecule has 13 nitrogen and oxygen atoms in total. The molecule has 0 atom stereocenters. The standard InChI is InChI=1S/C23H20Cl2N6O7/c1-11(2)14-8-18(27-28-20(14)32)38-19-15(24)6-12(7-16(19)25)31-22(34)30(21(33)17(9-26)29-31)10-36-23(35)37-13-4-3-5-13/h6-8,11,13H,3-5,10H2,1-2H3,(H,28,32). The SMILES string of the molecule is CC(C)c1cc(Oc2c(Cl)cc(-n3nc(C#N)c(=O)n(COC(=O)OC4CCC4)c3=O)cc2Cl)n[nH]c1=O. The van der Waals surface area contributed by atoms with Crippen molar-refractivity contribution < 1.29 is 19.0 Å². The predicted molar refractivity (Wildman–Crippen MR) is 133 cm³/mol. The summed E-state index contributed by atoms with van der Waals surface area (Å²) in [5, 5.41) is 19.2. The molecule has 1 fully saturated rings.